The van der Waals surface area contributed by atoms with E-state index in [0.717, 1.165) is 10.5 Å². The van der Waals surface area contributed by atoms with Crippen molar-refractivity contribution < 1.29 is 28.6 Å². The summed E-state index contributed by atoms with van der Waals surface area (Å²) in [4.78, 5) is 39.3. The molecule has 0 atom stereocenters. The Balaban J connectivity index is 1.51. The first kappa shape index (κ1) is 23.8. The lowest BCUT2D eigenvalue weighted by Gasteiger charge is -2.18. The van der Waals surface area contributed by atoms with Gasteiger partial charge in [0.2, 0.25) is 0 Å². The molecule has 0 aliphatic carbocycles. The number of aryl methyl sites for hydroxylation is 1. The van der Waals surface area contributed by atoms with E-state index in [9.17, 15) is 14.4 Å². The molecule has 8 nitrogen and oxygen atoms in total. The molecule has 2 amide bonds. The molecule has 178 valence electrons. The fourth-order valence-corrected chi connectivity index (χ4v) is 3.68. The van der Waals surface area contributed by atoms with Gasteiger partial charge in [0.25, 0.3) is 11.8 Å². The number of imide groups is 1. The van der Waals surface area contributed by atoms with Crippen molar-refractivity contribution in [2.45, 2.75) is 6.92 Å². The van der Waals surface area contributed by atoms with Gasteiger partial charge in [-0.25, -0.2) is 9.69 Å². The van der Waals surface area contributed by atoms with Crippen LogP contribution in [0, 0.1) is 6.92 Å². The lowest BCUT2D eigenvalue weighted by Crippen LogP contribution is -2.32. The molecular weight excluding hydrogens is 472 g/mol. The lowest BCUT2D eigenvalue weighted by molar-refractivity contribution is -0.120. The van der Waals surface area contributed by atoms with Crippen molar-refractivity contribution in [1.82, 2.24) is 0 Å². The molecule has 0 aromatic heterocycles. The van der Waals surface area contributed by atoms with Crippen LogP contribution in [0.5, 0.6) is 17.2 Å². The van der Waals surface area contributed by atoms with E-state index in [1.807, 2.05) is 19.1 Å². The van der Waals surface area contributed by atoms with Crippen molar-refractivity contribution in [3.05, 3.63) is 88.6 Å². The van der Waals surface area contributed by atoms with Gasteiger partial charge in [-0.2, -0.15) is 0 Å². The van der Waals surface area contributed by atoms with Crippen molar-refractivity contribution in [3.8, 4) is 17.2 Å². The normalized spacial score (nSPS) is 13.2. The number of esters is 1. The number of para-hydroxylation sites is 1. The highest BCUT2D eigenvalue weighted by atomic mass is 35.5. The third kappa shape index (κ3) is 4.69. The minimum Gasteiger partial charge on any atom is -0.497 e. The summed E-state index contributed by atoms with van der Waals surface area (Å²) in [5, 5.41) is 2.61. The number of carbonyl (C=O) groups is 3. The van der Waals surface area contributed by atoms with E-state index >= 15 is 0 Å². The first-order chi connectivity index (χ1) is 16.8. The zero-order valence-electron chi connectivity index (χ0n) is 19.1. The molecule has 1 aliphatic heterocycles. The van der Waals surface area contributed by atoms with E-state index in [1.165, 1.54) is 20.3 Å². The maximum atomic E-state index is 13.1. The van der Waals surface area contributed by atoms with Crippen LogP contribution < -0.4 is 24.4 Å². The van der Waals surface area contributed by atoms with Gasteiger partial charge in [-0.3, -0.25) is 9.59 Å². The average Bonchev–Trinajstić information content (AvgIpc) is 3.08. The Bertz CT molecular complexity index is 1350. The SMILES string of the molecule is COc1ccc(N2C(=O)C(Cl)=C(Nc3ccc(C(=O)Oc4ccccc4C)cc3)C2=O)c(OC)c1. The van der Waals surface area contributed by atoms with E-state index in [-0.39, 0.29) is 22.2 Å². The fraction of sp³-hybridized carbons (Fsp3) is 0.115. The fourth-order valence-electron chi connectivity index (χ4n) is 3.46. The number of rotatable bonds is 7. The third-order valence-electron chi connectivity index (χ3n) is 5.34. The van der Waals surface area contributed by atoms with Crippen molar-refractivity contribution in [1.29, 1.82) is 0 Å². The highest BCUT2D eigenvalue weighted by Gasteiger charge is 2.40. The number of benzene rings is 3. The number of carbonyl (C=O) groups excluding carboxylic acids is 3. The zero-order valence-corrected chi connectivity index (χ0v) is 19.9. The summed E-state index contributed by atoms with van der Waals surface area (Å²) in [5.74, 6) is -0.613. The van der Waals surface area contributed by atoms with Crippen LogP contribution in [0.2, 0.25) is 0 Å². The Kier molecular flexibility index (Phi) is 6.75. The maximum Gasteiger partial charge on any atom is 0.343 e. The number of nitrogens with one attached hydrogen (secondary N) is 1. The molecule has 0 saturated carbocycles. The smallest absolute Gasteiger partial charge is 0.343 e. The molecule has 35 heavy (non-hydrogen) atoms. The number of amides is 2. The lowest BCUT2D eigenvalue weighted by atomic mass is 10.2. The highest BCUT2D eigenvalue weighted by Crippen LogP contribution is 2.37. The summed E-state index contributed by atoms with van der Waals surface area (Å²) in [7, 11) is 2.91. The van der Waals surface area contributed by atoms with Crippen LogP contribution in [-0.2, 0) is 9.59 Å². The molecule has 0 bridgehead atoms. The first-order valence-electron chi connectivity index (χ1n) is 10.5. The second-order valence-corrected chi connectivity index (χ2v) is 7.91. The molecule has 1 N–H and O–H groups in total. The molecule has 0 fully saturated rings. The summed E-state index contributed by atoms with van der Waals surface area (Å²) in [6, 6.07) is 18.2. The molecule has 1 heterocycles. The van der Waals surface area contributed by atoms with Gasteiger partial charge in [0.15, 0.2) is 0 Å². The average molecular weight is 493 g/mol. The Morgan fingerprint density at radius 1 is 0.886 bits per heavy atom. The third-order valence-corrected chi connectivity index (χ3v) is 5.69. The summed E-state index contributed by atoms with van der Waals surface area (Å²) in [6.45, 7) is 1.85. The van der Waals surface area contributed by atoms with Gasteiger partial charge in [-0.05, 0) is 55.0 Å². The van der Waals surface area contributed by atoms with Crippen LogP contribution in [-0.4, -0.2) is 32.0 Å². The monoisotopic (exact) mass is 492 g/mol. The molecule has 0 radical (unpaired) electrons. The van der Waals surface area contributed by atoms with Crippen molar-refractivity contribution in [2.24, 2.45) is 0 Å². The van der Waals surface area contributed by atoms with Crippen molar-refractivity contribution in [2.75, 3.05) is 24.4 Å². The Hall–Kier alpha value is -4.30. The molecule has 0 spiro atoms. The molecule has 9 heteroatoms. The summed E-state index contributed by atoms with van der Waals surface area (Å²) < 4.78 is 15.9. The molecule has 0 unspecified atom stereocenters. The number of hydrogen-bond acceptors (Lipinski definition) is 7. The second-order valence-electron chi connectivity index (χ2n) is 7.53. The number of hydrogen-bond donors (Lipinski definition) is 1. The van der Waals surface area contributed by atoms with Crippen LogP contribution >= 0.6 is 11.6 Å². The predicted octanol–water partition coefficient (Wildman–Crippen LogP) is 4.67. The van der Waals surface area contributed by atoms with Crippen LogP contribution in [0.25, 0.3) is 0 Å². The minimum atomic E-state index is -0.693. The standard InChI is InChI=1S/C26H21ClN2O6/c1-15-6-4-5-7-20(15)35-26(32)16-8-10-17(11-9-16)28-23-22(27)24(30)29(25(23)31)19-13-12-18(33-2)14-21(19)34-3/h4-14,28H,1-3H3. The maximum absolute atomic E-state index is 13.1. The predicted molar refractivity (Wildman–Crippen MR) is 131 cm³/mol. The minimum absolute atomic E-state index is 0.0928. The van der Waals surface area contributed by atoms with Gasteiger partial charge in [-0.15, -0.1) is 0 Å². The number of halogens is 1. The van der Waals surface area contributed by atoms with Gasteiger partial charge in [-0.1, -0.05) is 29.8 Å². The first-order valence-corrected chi connectivity index (χ1v) is 10.9. The Morgan fingerprint density at radius 2 is 1.60 bits per heavy atom. The van der Waals surface area contributed by atoms with Crippen molar-refractivity contribution in [3.63, 3.8) is 0 Å². The highest BCUT2D eigenvalue weighted by molar-refractivity contribution is 6.53. The zero-order chi connectivity index (χ0) is 25.1. The molecule has 0 saturated heterocycles. The van der Waals surface area contributed by atoms with E-state index < -0.39 is 17.8 Å². The number of anilines is 2. The van der Waals surface area contributed by atoms with Gasteiger partial charge < -0.3 is 19.5 Å². The van der Waals surface area contributed by atoms with Gasteiger partial charge in [0, 0.05) is 11.8 Å². The molecule has 4 rings (SSSR count). The van der Waals surface area contributed by atoms with E-state index in [2.05, 4.69) is 5.32 Å². The van der Waals surface area contributed by atoms with E-state index in [4.69, 9.17) is 25.8 Å². The van der Waals surface area contributed by atoms with Gasteiger partial charge >= 0.3 is 5.97 Å². The molecule has 1 aliphatic rings. The Labute approximate surface area is 206 Å². The largest absolute Gasteiger partial charge is 0.497 e. The summed E-state index contributed by atoms with van der Waals surface area (Å²) in [5.41, 5.74) is 1.74. The topological polar surface area (TPSA) is 94.2 Å². The summed E-state index contributed by atoms with van der Waals surface area (Å²) >= 11 is 6.22. The number of methoxy groups -OCH3 is 2. The van der Waals surface area contributed by atoms with Crippen LogP contribution in [0.4, 0.5) is 11.4 Å². The quantitative estimate of drug-likeness (QED) is 0.291. The molecule has 3 aromatic carbocycles. The Morgan fingerprint density at radius 3 is 2.26 bits per heavy atom. The van der Waals surface area contributed by atoms with Crippen LogP contribution in [0.3, 0.4) is 0 Å². The van der Waals surface area contributed by atoms with Crippen LogP contribution in [0.1, 0.15) is 15.9 Å². The van der Waals surface area contributed by atoms with E-state index in [1.54, 1.807) is 48.5 Å². The number of ether oxygens (including phenoxy) is 3. The van der Waals surface area contributed by atoms with E-state index in [0.29, 0.717) is 22.7 Å². The van der Waals surface area contributed by atoms with Gasteiger partial charge in [0.1, 0.15) is 28.0 Å². The summed E-state index contributed by atoms with van der Waals surface area (Å²) in [6.07, 6.45) is 0. The molecular formula is C26H21ClN2O6. The van der Waals surface area contributed by atoms with Crippen LogP contribution in [0.15, 0.2) is 77.5 Å². The van der Waals surface area contributed by atoms with Gasteiger partial charge in [0.05, 0.1) is 25.5 Å². The second kappa shape index (κ2) is 9.90. The number of nitrogens with zero attached hydrogens (tertiary/aromatic N) is 1. The van der Waals surface area contributed by atoms with Crippen molar-refractivity contribution >= 4 is 40.8 Å². The molecule has 3 aromatic rings.